The number of rotatable bonds is 10. The predicted molar refractivity (Wildman–Crippen MR) is 107 cm³/mol. The molecule has 0 saturated carbocycles. The van der Waals surface area contributed by atoms with Gasteiger partial charge in [-0.15, -0.1) is 12.4 Å². The van der Waals surface area contributed by atoms with E-state index in [0.29, 0.717) is 22.1 Å². The fraction of sp³-hybridized carbons (Fsp3) is 0.400. The molecule has 0 heterocycles. The monoisotopic (exact) mass is 401 g/mol. The minimum absolute atomic E-state index is 0. The van der Waals surface area contributed by atoms with Gasteiger partial charge in [0.15, 0.2) is 11.5 Å². The Hall–Kier alpha value is -1.49. The topological polar surface area (TPSA) is 30.5 Å². The SMILES string of the molecule is CCCCCNCc1ccc(OCc2c(F)cccc2Cl)c(OC)c1.Cl. The summed E-state index contributed by atoms with van der Waals surface area (Å²) in [6, 6.07) is 10.3. The van der Waals surface area contributed by atoms with E-state index in [1.54, 1.807) is 19.2 Å². The first-order valence-corrected chi connectivity index (χ1v) is 8.96. The molecule has 1 N–H and O–H groups in total. The van der Waals surface area contributed by atoms with E-state index < -0.39 is 0 Å². The molecule has 0 saturated heterocycles. The molecular weight excluding hydrogens is 376 g/mol. The summed E-state index contributed by atoms with van der Waals surface area (Å²) >= 11 is 6.03. The van der Waals surface area contributed by atoms with Gasteiger partial charge in [-0.2, -0.15) is 0 Å². The van der Waals surface area contributed by atoms with Crippen LogP contribution >= 0.6 is 24.0 Å². The lowest BCUT2D eigenvalue weighted by atomic mass is 10.2. The van der Waals surface area contributed by atoms with Crippen LogP contribution in [0.1, 0.15) is 37.3 Å². The molecular formula is C20H26Cl2FNO2. The van der Waals surface area contributed by atoms with Crippen LogP contribution in [0.25, 0.3) is 0 Å². The lowest BCUT2D eigenvalue weighted by molar-refractivity contribution is 0.279. The second kappa shape index (κ2) is 12.0. The van der Waals surface area contributed by atoms with Crippen LogP contribution in [-0.2, 0) is 13.2 Å². The van der Waals surface area contributed by atoms with Crippen molar-refractivity contribution in [3.05, 3.63) is 58.4 Å². The molecule has 2 aromatic rings. The van der Waals surface area contributed by atoms with E-state index in [9.17, 15) is 4.39 Å². The fourth-order valence-corrected chi connectivity index (χ4v) is 2.71. The van der Waals surface area contributed by atoms with Crippen molar-refractivity contribution in [3.63, 3.8) is 0 Å². The summed E-state index contributed by atoms with van der Waals surface area (Å²) < 4.78 is 24.9. The lowest BCUT2D eigenvalue weighted by Gasteiger charge is -2.13. The second-order valence-electron chi connectivity index (χ2n) is 5.86. The van der Waals surface area contributed by atoms with Gasteiger partial charge in [0.2, 0.25) is 0 Å². The summed E-state index contributed by atoms with van der Waals surface area (Å²) in [5.41, 5.74) is 1.46. The van der Waals surface area contributed by atoms with Crippen LogP contribution < -0.4 is 14.8 Å². The van der Waals surface area contributed by atoms with E-state index in [2.05, 4.69) is 12.2 Å². The quantitative estimate of drug-likeness (QED) is 0.512. The molecule has 0 fully saturated rings. The van der Waals surface area contributed by atoms with Gasteiger partial charge in [0.1, 0.15) is 12.4 Å². The second-order valence-corrected chi connectivity index (χ2v) is 6.27. The number of halogens is 3. The zero-order chi connectivity index (χ0) is 18.1. The first kappa shape index (κ1) is 22.6. The molecule has 2 aromatic carbocycles. The third kappa shape index (κ3) is 6.67. The molecule has 0 atom stereocenters. The standard InChI is InChI=1S/C20H25ClFNO2.ClH/c1-3-4-5-11-23-13-15-9-10-19(20(12-15)24-2)25-14-16-17(21)7-6-8-18(16)22;/h6-10,12,23H,3-5,11,13-14H2,1-2H3;1H. The smallest absolute Gasteiger partial charge is 0.161 e. The minimum atomic E-state index is -0.376. The Balaban J connectivity index is 0.00000338. The van der Waals surface area contributed by atoms with Crippen molar-refractivity contribution in [2.75, 3.05) is 13.7 Å². The fourth-order valence-electron chi connectivity index (χ4n) is 2.49. The van der Waals surface area contributed by atoms with Crippen LogP contribution in [0.2, 0.25) is 5.02 Å². The van der Waals surface area contributed by atoms with Crippen molar-refractivity contribution in [2.24, 2.45) is 0 Å². The molecule has 3 nitrogen and oxygen atoms in total. The van der Waals surface area contributed by atoms with Crippen LogP contribution in [0.3, 0.4) is 0 Å². The highest BCUT2D eigenvalue weighted by atomic mass is 35.5. The van der Waals surface area contributed by atoms with Crippen molar-refractivity contribution >= 4 is 24.0 Å². The van der Waals surface area contributed by atoms with E-state index in [0.717, 1.165) is 18.7 Å². The number of hydrogen-bond donors (Lipinski definition) is 1. The number of benzene rings is 2. The van der Waals surface area contributed by atoms with E-state index in [1.165, 1.54) is 25.3 Å². The molecule has 0 unspecified atom stereocenters. The van der Waals surface area contributed by atoms with Gasteiger partial charge in [-0.05, 0) is 42.8 Å². The Labute approximate surface area is 166 Å². The number of ether oxygens (including phenoxy) is 2. The highest BCUT2D eigenvalue weighted by Crippen LogP contribution is 2.30. The van der Waals surface area contributed by atoms with Gasteiger partial charge in [-0.25, -0.2) is 4.39 Å². The maximum atomic E-state index is 13.8. The summed E-state index contributed by atoms with van der Waals surface area (Å²) in [6.07, 6.45) is 3.63. The van der Waals surface area contributed by atoms with Gasteiger partial charge in [0.05, 0.1) is 12.1 Å². The van der Waals surface area contributed by atoms with Crippen LogP contribution in [-0.4, -0.2) is 13.7 Å². The van der Waals surface area contributed by atoms with Crippen LogP contribution in [0.4, 0.5) is 4.39 Å². The maximum absolute atomic E-state index is 13.8. The third-order valence-corrected chi connectivity index (χ3v) is 4.30. The molecule has 0 bridgehead atoms. The number of methoxy groups -OCH3 is 1. The zero-order valence-corrected chi connectivity index (χ0v) is 16.8. The summed E-state index contributed by atoms with van der Waals surface area (Å²) in [6.45, 7) is 4.02. The van der Waals surface area contributed by atoms with E-state index in [-0.39, 0.29) is 24.8 Å². The lowest BCUT2D eigenvalue weighted by Crippen LogP contribution is -2.14. The van der Waals surface area contributed by atoms with E-state index in [4.69, 9.17) is 21.1 Å². The Morgan fingerprint density at radius 1 is 1.12 bits per heavy atom. The maximum Gasteiger partial charge on any atom is 0.161 e. The molecule has 6 heteroatoms. The average molecular weight is 402 g/mol. The van der Waals surface area contributed by atoms with Crippen LogP contribution in [0.5, 0.6) is 11.5 Å². The molecule has 0 spiro atoms. The molecule has 2 rings (SSSR count). The van der Waals surface area contributed by atoms with Gasteiger partial charge in [-0.1, -0.05) is 43.5 Å². The Kier molecular flexibility index (Phi) is 10.4. The molecule has 0 amide bonds. The average Bonchev–Trinajstić information content (AvgIpc) is 2.61. The molecule has 0 aliphatic heterocycles. The minimum Gasteiger partial charge on any atom is -0.493 e. The third-order valence-electron chi connectivity index (χ3n) is 3.95. The Morgan fingerprint density at radius 3 is 2.62 bits per heavy atom. The first-order chi connectivity index (χ1) is 12.2. The first-order valence-electron chi connectivity index (χ1n) is 8.59. The summed E-state index contributed by atoms with van der Waals surface area (Å²) in [5.74, 6) is 0.816. The van der Waals surface area contributed by atoms with Gasteiger partial charge in [0.25, 0.3) is 0 Å². The van der Waals surface area contributed by atoms with Crippen molar-refractivity contribution in [1.82, 2.24) is 5.32 Å². The van der Waals surface area contributed by atoms with Crippen molar-refractivity contribution < 1.29 is 13.9 Å². The molecule has 0 radical (unpaired) electrons. The van der Waals surface area contributed by atoms with E-state index >= 15 is 0 Å². The number of hydrogen-bond acceptors (Lipinski definition) is 3. The number of nitrogens with one attached hydrogen (secondary N) is 1. The van der Waals surface area contributed by atoms with Gasteiger partial charge in [-0.3, -0.25) is 0 Å². The normalized spacial score (nSPS) is 10.3. The zero-order valence-electron chi connectivity index (χ0n) is 15.2. The summed E-state index contributed by atoms with van der Waals surface area (Å²) in [7, 11) is 1.59. The summed E-state index contributed by atoms with van der Waals surface area (Å²) in [4.78, 5) is 0. The van der Waals surface area contributed by atoms with E-state index in [1.807, 2.05) is 18.2 Å². The highest BCUT2D eigenvalue weighted by Gasteiger charge is 2.10. The van der Waals surface area contributed by atoms with Crippen molar-refractivity contribution in [3.8, 4) is 11.5 Å². The van der Waals surface area contributed by atoms with Gasteiger partial charge < -0.3 is 14.8 Å². The highest BCUT2D eigenvalue weighted by molar-refractivity contribution is 6.31. The van der Waals surface area contributed by atoms with Crippen molar-refractivity contribution in [2.45, 2.75) is 39.3 Å². The van der Waals surface area contributed by atoms with Gasteiger partial charge >= 0.3 is 0 Å². The van der Waals surface area contributed by atoms with Crippen LogP contribution in [0.15, 0.2) is 36.4 Å². The molecule has 144 valence electrons. The molecule has 26 heavy (non-hydrogen) atoms. The molecule has 0 aliphatic carbocycles. The van der Waals surface area contributed by atoms with Crippen LogP contribution in [0, 0.1) is 5.82 Å². The largest absolute Gasteiger partial charge is 0.493 e. The molecule has 0 aliphatic rings. The number of unbranched alkanes of at least 4 members (excludes halogenated alkanes) is 2. The Morgan fingerprint density at radius 2 is 1.92 bits per heavy atom. The van der Waals surface area contributed by atoms with Gasteiger partial charge in [0, 0.05) is 12.1 Å². The molecule has 0 aromatic heterocycles. The predicted octanol–water partition coefficient (Wildman–Crippen LogP) is 5.77. The van der Waals surface area contributed by atoms with Crippen molar-refractivity contribution in [1.29, 1.82) is 0 Å². The summed E-state index contributed by atoms with van der Waals surface area (Å²) in [5, 5.41) is 3.77. The Bertz CT molecular complexity index is 663.